The number of rotatable bonds is 6. The van der Waals surface area contributed by atoms with Crippen molar-refractivity contribution in [3.8, 4) is 0 Å². The Hall–Kier alpha value is -1.34. The Balaban J connectivity index is 1.60. The highest BCUT2D eigenvalue weighted by Gasteiger charge is 2.40. The first-order valence-corrected chi connectivity index (χ1v) is 11.1. The van der Waals surface area contributed by atoms with Gasteiger partial charge < -0.3 is 20.3 Å². The summed E-state index contributed by atoms with van der Waals surface area (Å²) in [4.78, 5) is 20.8. The lowest BCUT2D eigenvalue weighted by molar-refractivity contribution is -0.127. The van der Waals surface area contributed by atoms with Crippen molar-refractivity contribution in [2.45, 2.75) is 76.0 Å². The molecular weight excluding hydrogens is 354 g/mol. The maximum absolute atomic E-state index is 12.0. The average molecular weight is 394 g/mol. The Bertz CT molecular complexity index is 545. The number of amides is 1. The van der Waals surface area contributed by atoms with Crippen molar-refractivity contribution >= 4 is 11.9 Å². The molecule has 3 rings (SSSR count). The molecule has 3 aliphatic rings. The molecule has 1 spiro atoms. The molecule has 0 radical (unpaired) electrons. The summed E-state index contributed by atoms with van der Waals surface area (Å²) < 4.78 is 6.17. The van der Waals surface area contributed by atoms with Gasteiger partial charge in [-0.2, -0.15) is 0 Å². The molecule has 2 atom stereocenters. The van der Waals surface area contributed by atoms with E-state index in [0.717, 1.165) is 38.5 Å². The molecule has 2 saturated heterocycles. The van der Waals surface area contributed by atoms with Crippen LogP contribution in [-0.2, 0) is 9.53 Å². The monoisotopic (exact) mass is 393 g/mol. The van der Waals surface area contributed by atoms with Crippen LogP contribution in [0.25, 0.3) is 0 Å². The van der Waals surface area contributed by atoms with E-state index in [1.807, 2.05) is 0 Å². The molecule has 2 heterocycles. The van der Waals surface area contributed by atoms with E-state index < -0.39 is 0 Å². The minimum Gasteiger partial charge on any atom is -0.375 e. The van der Waals surface area contributed by atoms with Crippen LogP contribution in [0.4, 0.5) is 0 Å². The second-order valence-corrected chi connectivity index (χ2v) is 8.83. The van der Waals surface area contributed by atoms with Crippen molar-refractivity contribution in [2.24, 2.45) is 4.99 Å². The number of carbonyl (C=O) groups excluding carboxylic acids is 1. The molecule has 1 aliphatic carbocycles. The third-order valence-electron chi connectivity index (χ3n) is 6.63. The lowest BCUT2D eigenvalue weighted by Crippen LogP contribution is -2.52. The van der Waals surface area contributed by atoms with Gasteiger partial charge in [-0.1, -0.05) is 19.8 Å². The van der Waals surface area contributed by atoms with Crippen LogP contribution in [0.15, 0.2) is 4.99 Å². The number of likely N-dealkylation sites (tertiary alicyclic amines) is 1. The maximum atomic E-state index is 12.0. The average Bonchev–Trinajstić information content (AvgIpc) is 3.32. The zero-order chi connectivity index (χ0) is 20.0. The van der Waals surface area contributed by atoms with Gasteiger partial charge in [0, 0.05) is 39.3 Å². The van der Waals surface area contributed by atoms with Gasteiger partial charge in [0.1, 0.15) is 6.54 Å². The van der Waals surface area contributed by atoms with Crippen molar-refractivity contribution in [3.63, 3.8) is 0 Å². The van der Waals surface area contributed by atoms with E-state index in [1.165, 1.54) is 45.1 Å². The summed E-state index contributed by atoms with van der Waals surface area (Å²) in [5.74, 6) is 0.801. The third kappa shape index (κ3) is 5.60. The van der Waals surface area contributed by atoms with Gasteiger partial charge in [-0.25, -0.2) is 4.99 Å². The lowest BCUT2D eigenvalue weighted by Gasteiger charge is -2.39. The highest BCUT2D eigenvalue weighted by Crippen LogP contribution is 2.39. The number of likely N-dealkylation sites (N-methyl/N-ethyl adjacent to an activating group) is 2. The molecule has 160 valence electrons. The van der Waals surface area contributed by atoms with Gasteiger partial charge in [0.15, 0.2) is 5.96 Å². The van der Waals surface area contributed by atoms with Crippen molar-refractivity contribution in [1.29, 1.82) is 0 Å². The van der Waals surface area contributed by atoms with Gasteiger partial charge in [0.2, 0.25) is 5.91 Å². The maximum Gasteiger partial charge on any atom is 0.243 e. The Morgan fingerprint density at radius 2 is 2.04 bits per heavy atom. The number of aliphatic imine (C=N–C) groups is 1. The Labute approximate surface area is 170 Å². The first-order chi connectivity index (χ1) is 13.5. The van der Waals surface area contributed by atoms with E-state index in [-0.39, 0.29) is 18.1 Å². The fourth-order valence-corrected chi connectivity index (χ4v) is 4.91. The molecule has 0 aromatic carbocycles. The molecule has 2 aliphatic heterocycles. The summed E-state index contributed by atoms with van der Waals surface area (Å²) >= 11 is 0. The van der Waals surface area contributed by atoms with E-state index in [1.54, 1.807) is 19.0 Å². The van der Waals surface area contributed by atoms with E-state index in [9.17, 15) is 4.79 Å². The molecule has 0 aromatic heterocycles. The number of ether oxygens (including phenoxy) is 1. The summed E-state index contributed by atoms with van der Waals surface area (Å²) in [6, 6.07) is 0.913. The first-order valence-electron chi connectivity index (χ1n) is 11.1. The number of hydrogen-bond acceptors (Lipinski definition) is 4. The fourth-order valence-electron chi connectivity index (χ4n) is 4.91. The van der Waals surface area contributed by atoms with E-state index in [4.69, 9.17) is 4.74 Å². The van der Waals surface area contributed by atoms with Gasteiger partial charge in [0.25, 0.3) is 0 Å². The minimum atomic E-state index is 0.0244. The molecule has 2 unspecified atom stereocenters. The van der Waals surface area contributed by atoms with Crippen molar-refractivity contribution in [3.05, 3.63) is 0 Å². The molecule has 0 aromatic rings. The second-order valence-electron chi connectivity index (χ2n) is 8.83. The molecule has 1 amide bonds. The summed E-state index contributed by atoms with van der Waals surface area (Å²) in [7, 11) is 3.55. The molecule has 7 nitrogen and oxygen atoms in total. The molecule has 7 heteroatoms. The molecule has 2 N–H and O–H groups in total. The second kappa shape index (κ2) is 9.92. The van der Waals surface area contributed by atoms with Gasteiger partial charge in [-0.05, 0) is 51.6 Å². The Morgan fingerprint density at radius 1 is 1.25 bits per heavy atom. The van der Waals surface area contributed by atoms with Crippen LogP contribution in [0.5, 0.6) is 0 Å². The predicted octanol–water partition coefficient (Wildman–Crippen LogP) is 1.59. The standard InChI is InChI=1S/C21H39N5O2/c1-4-26-12-7-8-18(26)15-22-20(23-16-19(27)25(2)3)24-17-9-13-28-21(14-17)10-5-6-11-21/h17-18H,4-16H2,1-3H3,(H2,22,23,24). The van der Waals surface area contributed by atoms with Gasteiger partial charge >= 0.3 is 0 Å². The smallest absolute Gasteiger partial charge is 0.243 e. The Morgan fingerprint density at radius 3 is 2.75 bits per heavy atom. The van der Waals surface area contributed by atoms with Crippen molar-refractivity contribution in [1.82, 2.24) is 20.4 Å². The molecule has 0 bridgehead atoms. The molecule has 1 saturated carbocycles. The zero-order valence-corrected chi connectivity index (χ0v) is 18.0. The number of nitrogens with zero attached hydrogens (tertiary/aromatic N) is 3. The topological polar surface area (TPSA) is 69.2 Å². The van der Waals surface area contributed by atoms with Crippen LogP contribution in [-0.4, -0.2) is 86.2 Å². The molecular formula is C21H39N5O2. The van der Waals surface area contributed by atoms with Crippen LogP contribution in [0, 0.1) is 0 Å². The SMILES string of the molecule is CCN1CCCC1CNC(=NCC(=O)N(C)C)NC1CCOC2(CCCC2)C1. The lowest BCUT2D eigenvalue weighted by atomic mass is 9.89. The van der Waals surface area contributed by atoms with Gasteiger partial charge in [0.05, 0.1) is 5.60 Å². The number of carbonyl (C=O) groups is 1. The minimum absolute atomic E-state index is 0.0244. The fraction of sp³-hybridized carbons (Fsp3) is 0.905. The Kier molecular flexibility index (Phi) is 7.57. The number of guanidine groups is 1. The van der Waals surface area contributed by atoms with Gasteiger partial charge in [-0.3, -0.25) is 9.69 Å². The summed E-state index contributed by atoms with van der Waals surface area (Å²) in [5.41, 5.74) is 0.0743. The van der Waals surface area contributed by atoms with E-state index in [0.29, 0.717) is 12.1 Å². The first kappa shape index (κ1) is 21.4. The van der Waals surface area contributed by atoms with Crippen molar-refractivity contribution in [2.75, 3.05) is 46.9 Å². The third-order valence-corrected chi connectivity index (χ3v) is 6.63. The van der Waals surface area contributed by atoms with Crippen LogP contribution >= 0.6 is 0 Å². The van der Waals surface area contributed by atoms with E-state index in [2.05, 4.69) is 27.4 Å². The van der Waals surface area contributed by atoms with Crippen LogP contribution < -0.4 is 10.6 Å². The number of nitrogens with one attached hydrogen (secondary N) is 2. The predicted molar refractivity (Wildman–Crippen MR) is 113 cm³/mol. The summed E-state index contributed by atoms with van der Waals surface area (Å²) in [6.07, 6.45) is 9.44. The molecule has 3 fully saturated rings. The van der Waals surface area contributed by atoms with Crippen LogP contribution in [0.2, 0.25) is 0 Å². The highest BCUT2D eigenvalue weighted by molar-refractivity contribution is 5.85. The normalized spacial score (nSPS) is 27.9. The summed E-state index contributed by atoms with van der Waals surface area (Å²) in [6.45, 7) is 6.37. The zero-order valence-electron chi connectivity index (χ0n) is 18.0. The van der Waals surface area contributed by atoms with Gasteiger partial charge in [-0.15, -0.1) is 0 Å². The molecule has 28 heavy (non-hydrogen) atoms. The van der Waals surface area contributed by atoms with Crippen LogP contribution in [0.1, 0.15) is 58.3 Å². The number of hydrogen-bond donors (Lipinski definition) is 2. The van der Waals surface area contributed by atoms with Crippen LogP contribution in [0.3, 0.4) is 0 Å². The summed E-state index contributed by atoms with van der Waals surface area (Å²) in [5, 5.41) is 7.16. The largest absolute Gasteiger partial charge is 0.375 e. The highest BCUT2D eigenvalue weighted by atomic mass is 16.5. The van der Waals surface area contributed by atoms with Crippen molar-refractivity contribution < 1.29 is 9.53 Å². The van der Waals surface area contributed by atoms with E-state index >= 15 is 0 Å². The quantitative estimate of drug-likeness (QED) is 0.530.